The average molecular weight is 187 g/mol. The zero-order valence-corrected chi connectivity index (χ0v) is 8.66. The van der Waals surface area contributed by atoms with Gasteiger partial charge in [0.2, 0.25) is 0 Å². The first-order valence-electron chi connectivity index (χ1n) is 5.59. The Bertz CT molecular complexity index is 337. The second-order valence-electron chi connectivity index (χ2n) is 4.91. The van der Waals surface area contributed by atoms with Crippen LogP contribution in [0.3, 0.4) is 0 Å². The third-order valence-corrected chi connectivity index (χ3v) is 3.88. The van der Waals surface area contributed by atoms with Gasteiger partial charge in [0, 0.05) is 12.0 Å². The van der Waals surface area contributed by atoms with Gasteiger partial charge in [0.1, 0.15) is 0 Å². The van der Waals surface area contributed by atoms with Crippen molar-refractivity contribution in [1.29, 1.82) is 0 Å². The van der Waals surface area contributed by atoms with Crippen molar-refractivity contribution in [3.05, 3.63) is 36.0 Å². The van der Waals surface area contributed by atoms with E-state index in [2.05, 4.69) is 42.6 Å². The molecule has 1 saturated heterocycles. The Labute approximate surface area is 85.6 Å². The van der Waals surface area contributed by atoms with Gasteiger partial charge in [0.05, 0.1) is 0 Å². The summed E-state index contributed by atoms with van der Waals surface area (Å²) in [6.07, 6.45) is 12.8. The summed E-state index contributed by atoms with van der Waals surface area (Å²) >= 11 is 0. The summed E-state index contributed by atoms with van der Waals surface area (Å²) in [5.41, 5.74) is 2.10. The minimum Gasteiger partial charge on any atom is -0.316 e. The van der Waals surface area contributed by atoms with Crippen molar-refractivity contribution < 1.29 is 0 Å². The van der Waals surface area contributed by atoms with E-state index >= 15 is 0 Å². The fourth-order valence-electron chi connectivity index (χ4n) is 2.91. The smallest absolute Gasteiger partial charge is 0.0119 e. The summed E-state index contributed by atoms with van der Waals surface area (Å²) in [5, 5.41) is 3.50. The highest BCUT2D eigenvalue weighted by molar-refractivity contribution is 5.40. The van der Waals surface area contributed by atoms with E-state index in [9.17, 15) is 0 Å². The van der Waals surface area contributed by atoms with Gasteiger partial charge in [0.25, 0.3) is 0 Å². The van der Waals surface area contributed by atoms with Crippen LogP contribution in [0.1, 0.15) is 13.3 Å². The molecule has 0 spiro atoms. The first-order chi connectivity index (χ1) is 6.81. The molecule has 3 unspecified atom stereocenters. The molecule has 2 fully saturated rings. The van der Waals surface area contributed by atoms with Crippen molar-refractivity contribution in [2.45, 2.75) is 13.3 Å². The standard InChI is InChI=1S/C13H17N/c1-10-4-2-3-5-11(6-10)13-7-12(13)8-14-9-13/h2-6,10,12,14H,7-9H2,1H3. The van der Waals surface area contributed by atoms with Gasteiger partial charge in [-0.1, -0.05) is 37.3 Å². The molecule has 0 radical (unpaired) electrons. The van der Waals surface area contributed by atoms with Gasteiger partial charge in [0.15, 0.2) is 0 Å². The number of fused-ring (bicyclic) bond motifs is 1. The van der Waals surface area contributed by atoms with Crippen LogP contribution in [-0.2, 0) is 0 Å². The number of allylic oxidation sites excluding steroid dienone is 5. The average Bonchev–Trinajstić information content (AvgIpc) is 2.82. The summed E-state index contributed by atoms with van der Waals surface area (Å²) in [5.74, 6) is 1.51. The van der Waals surface area contributed by atoms with E-state index in [0.29, 0.717) is 11.3 Å². The lowest BCUT2D eigenvalue weighted by Gasteiger charge is -2.14. The molecule has 1 saturated carbocycles. The Kier molecular flexibility index (Phi) is 1.72. The molecule has 0 aromatic heterocycles. The Balaban J connectivity index is 1.91. The third-order valence-electron chi connectivity index (χ3n) is 3.88. The molecule has 0 bridgehead atoms. The quantitative estimate of drug-likeness (QED) is 0.664. The molecule has 1 heteroatoms. The van der Waals surface area contributed by atoms with Gasteiger partial charge in [-0.25, -0.2) is 0 Å². The molecule has 0 amide bonds. The minimum atomic E-state index is 0.525. The van der Waals surface area contributed by atoms with E-state index in [1.807, 2.05) is 0 Å². The molecule has 1 aliphatic heterocycles. The number of hydrogen-bond donors (Lipinski definition) is 1. The van der Waals surface area contributed by atoms with Crippen molar-refractivity contribution >= 4 is 0 Å². The number of rotatable bonds is 1. The van der Waals surface area contributed by atoms with Crippen molar-refractivity contribution in [1.82, 2.24) is 5.32 Å². The molecule has 14 heavy (non-hydrogen) atoms. The maximum absolute atomic E-state index is 3.50. The van der Waals surface area contributed by atoms with Crippen LogP contribution in [0.4, 0.5) is 0 Å². The molecular formula is C13H17N. The Morgan fingerprint density at radius 2 is 2.36 bits per heavy atom. The highest BCUT2D eigenvalue weighted by Crippen LogP contribution is 2.60. The second kappa shape index (κ2) is 2.83. The topological polar surface area (TPSA) is 12.0 Å². The molecule has 2 aliphatic carbocycles. The monoisotopic (exact) mass is 187 g/mol. The van der Waals surface area contributed by atoms with Crippen molar-refractivity contribution in [3.63, 3.8) is 0 Å². The molecule has 74 valence electrons. The first kappa shape index (κ1) is 8.49. The lowest BCUT2D eigenvalue weighted by atomic mass is 9.92. The van der Waals surface area contributed by atoms with Crippen LogP contribution in [-0.4, -0.2) is 13.1 Å². The van der Waals surface area contributed by atoms with E-state index in [1.54, 1.807) is 5.57 Å². The van der Waals surface area contributed by atoms with Crippen LogP contribution >= 0.6 is 0 Å². The van der Waals surface area contributed by atoms with Crippen molar-refractivity contribution in [3.8, 4) is 0 Å². The minimum absolute atomic E-state index is 0.525. The predicted octanol–water partition coefficient (Wildman–Crippen LogP) is 2.28. The fourth-order valence-corrected chi connectivity index (χ4v) is 2.91. The van der Waals surface area contributed by atoms with Crippen LogP contribution < -0.4 is 5.32 Å². The Morgan fingerprint density at radius 3 is 3.07 bits per heavy atom. The van der Waals surface area contributed by atoms with E-state index in [-0.39, 0.29) is 0 Å². The molecule has 1 nitrogen and oxygen atoms in total. The number of nitrogens with one attached hydrogen (secondary N) is 1. The second-order valence-corrected chi connectivity index (χ2v) is 4.91. The molecule has 0 aromatic rings. The van der Waals surface area contributed by atoms with Crippen LogP contribution in [0.2, 0.25) is 0 Å². The summed E-state index contributed by atoms with van der Waals surface area (Å²) in [6, 6.07) is 0. The summed E-state index contributed by atoms with van der Waals surface area (Å²) in [7, 11) is 0. The van der Waals surface area contributed by atoms with E-state index in [0.717, 1.165) is 5.92 Å². The van der Waals surface area contributed by atoms with Crippen LogP contribution in [0.25, 0.3) is 0 Å². The van der Waals surface area contributed by atoms with Gasteiger partial charge in [-0.05, 0) is 30.4 Å². The maximum atomic E-state index is 3.50. The lowest BCUT2D eigenvalue weighted by molar-refractivity contribution is 0.614. The SMILES string of the molecule is CC1C=CC=CC(C23CNCC2C3)=C1. The number of piperidine rings is 1. The summed E-state index contributed by atoms with van der Waals surface area (Å²) in [6.45, 7) is 4.69. The molecule has 0 aromatic carbocycles. The van der Waals surface area contributed by atoms with E-state index < -0.39 is 0 Å². The molecule has 3 rings (SSSR count). The van der Waals surface area contributed by atoms with Gasteiger partial charge in [-0.2, -0.15) is 0 Å². The summed E-state index contributed by atoms with van der Waals surface area (Å²) < 4.78 is 0. The lowest BCUT2D eigenvalue weighted by Crippen LogP contribution is -2.17. The molecular weight excluding hydrogens is 170 g/mol. The van der Waals surface area contributed by atoms with Crippen LogP contribution in [0.15, 0.2) is 36.0 Å². The highest BCUT2D eigenvalue weighted by Gasteiger charge is 2.58. The highest BCUT2D eigenvalue weighted by atomic mass is 15.0. The summed E-state index contributed by atoms with van der Waals surface area (Å²) in [4.78, 5) is 0. The van der Waals surface area contributed by atoms with Crippen molar-refractivity contribution in [2.75, 3.05) is 13.1 Å². The zero-order chi connectivity index (χ0) is 9.60. The van der Waals surface area contributed by atoms with E-state index in [1.165, 1.54) is 19.5 Å². The normalized spacial score (nSPS) is 44.5. The Hall–Kier alpha value is -0.820. The van der Waals surface area contributed by atoms with Gasteiger partial charge < -0.3 is 5.32 Å². The van der Waals surface area contributed by atoms with Crippen molar-refractivity contribution in [2.24, 2.45) is 17.3 Å². The number of hydrogen-bond acceptors (Lipinski definition) is 1. The largest absolute Gasteiger partial charge is 0.316 e. The molecule has 3 atom stereocenters. The molecule has 3 aliphatic rings. The van der Waals surface area contributed by atoms with Gasteiger partial charge >= 0.3 is 0 Å². The first-order valence-corrected chi connectivity index (χ1v) is 5.59. The predicted molar refractivity (Wildman–Crippen MR) is 58.9 cm³/mol. The Morgan fingerprint density at radius 1 is 1.43 bits per heavy atom. The van der Waals surface area contributed by atoms with E-state index in [4.69, 9.17) is 0 Å². The third kappa shape index (κ3) is 1.12. The molecule has 1 heterocycles. The molecule has 1 N–H and O–H groups in total. The zero-order valence-electron chi connectivity index (χ0n) is 8.66. The van der Waals surface area contributed by atoms with Crippen LogP contribution in [0.5, 0.6) is 0 Å². The fraction of sp³-hybridized carbons (Fsp3) is 0.538. The van der Waals surface area contributed by atoms with Gasteiger partial charge in [-0.15, -0.1) is 0 Å². The van der Waals surface area contributed by atoms with Crippen LogP contribution in [0, 0.1) is 17.3 Å². The van der Waals surface area contributed by atoms with Gasteiger partial charge in [-0.3, -0.25) is 0 Å². The maximum Gasteiger partial charge on any atom is 0.0119 e.